The number of benzene rings is 1. The minimum Gasteiger partial charge on any atom is -0.147 e. The maximum absolute atomic E-state index is 11.2. The van der Waals surface area contributed by atoms with E-state index in [9.17, 15) is 4.57 Å². The summed E-state index contributed by atoms with van der Waals surface area (Å²) in [4.78, 5) is 0. The Balaban J connectivity index is 2.46. The fourth-order valence-corrected chi connectivity index (χ4v) is 2.45. The minimum atomic E-state index is -1.49. The molecule has 0 N–H and O–H groups in total. The van der Waals surface area contributed by atoms with Crippen LogP contribution >= 0.6 is 24.0 Å². The predicted molar refractivity (Wildman–Crippen MR) is 61.9 cm³/mol. The summed E-state index contributed by atoms with van der Waals surface area (Å²) in [5, 5.41) is 0. The van der Waals surface area contributed by atoms with Gasteiger partial charge in [-0.2, -0.15) is 0 Å². The van der Waals surface area contributed by atoms with E-state index >= 15 is 0 Å². The highest BCUT2D eigenvalue weighted by atomic mass is 79.9. The smallest absolute Gasteiger partial charge is 0.147 e. The zero-order valence-corrected chi connectivity index (χ0v) is 10.6. The van der Waals surface area contributed by atoms with E-state index in [1.54, 1.807) is 0 Å². The van der Waals surface area contributed by atoms with Gasteiger partial charge in [-0.1, -0.05) is 34.1 Å². The molecule has 1 aromatic rings. The molecule has 1 rings (SSSR count). The van der Waals surface area contributed by atoms with Crippen LogP contribution in [0.3, 0.4) is 0 Å². The van der Waals surface area contributed by atoms with E-state index in [2.05, 4.69) is 15.9 Å². The van der Waals surface area contributed by atoms with Crippen LogP contribution in [0.25, 0.3) is 0 Å². The van der Waals surface area contributed by atoms with Crippen molar-refractivity contribution in [2.75, 3.05) is 12.8 Å². The fraction of sp³-hybridized carbons (Fsp3) is 0.400. The summed E-state index contributed by atoms with van der Waals surface area (Å²) >= 11 is 3.45. The number of aryl methyl sites for hydroxylation is 1. The molecule has 0 heterocycles. The molecule has 1 atom stereocenters. The molecular weight excluding hydrogens is 263 g/mol. The molecule has 0 saturated carbocycles. The van der Waals surface area contributed by atoms with Crippen LogP contribution in [0.2, 0.25) is 0 Å². The minimum absolute atomic E-state index is 0.519. The lowest BCUT2D eigenvalue weighted by Gasteiger charge is -1.98. The lowest BCUT2D eigenvalue weighted by molar-refractivity contribution is 0.350. The van der Waals surface area contributed by atoms with Crippen molar-refractivity contribution in [2.24, 2.45) is 0 Å². The van der Waals surface area contributed by atoms with E-state index in [4.69, 9.17) is 4.52 Å². The zero-order chi connectivity index (χ0) is 10.4. The van der Waals surface area contributed by atoms with Gasteiger partial charge < -0.3 is 0 Å². The Morgan fingerprint density at radius 3 is 2.79 bits per heavy atom. The molecule has 1 aromatic carbocycles. The van der Waals surface area contributed by atoms with Gasteiger partial charge >= 0.3 is 8.03 Å². The van der Waals surface area contributed by atoms with Crippen molar-refractivity contribution in [3.63, 3.8) is 0 Å². The summed E-state index contributed by atoms with van der Waals surface area (Å²) in [5.74, 6) is 0. The molecule has 0 bridgehead atoms. The van der Waals surface area contributed by atoms with Gasteiger partial charge in [0.25, 0.3) is 0 Å². The van der Waals surface area contributed by atoms with Crippen LogP contribution in [0.15, 0.2) is 28.7 Å². The third-order valence-electron chi connectivity index (χ3n) is 1.79. The Labute approximate surface area is 93.7 Å². The van der Waals surface area contributed by atoms with Crippen molar-refractivity contribution < 1.29 is 9.09 Å². The van der Waals surface area contributed by atoms with Gasteiger partial charge in [-0.15, -0.1) is 4.52 Å². The van der Waals surface area contributed by atoms with E-state index in [-0.39, 0.29) is 0 Å². The Bertz CT molecular complexity index is 315. The first-order chi connectivity index (χ1) is 6.74. The van der Waals surface area contributed by atoms with Crippen molar-refractivity contribution >= 4 is 24.0 Å². The summed E-state index contributed by atoms with van der Waals surface area (Å²) in [7, 11) is -1.49. The maximum Gasteiger partial charge on any atom is 0.508 e. The highest BCUT2D eigenvalue weighted by Crippen LogP contribution is 2.25. The van der Waals surface area contributed by atoms with E-state index in [0.29, 0.717) is 12.8 Å². The van der Waals surface area contributed by atoms with Crippen molar-refractivity contribution in [3.05, 3.63) is 34.3 Å². The van der Waals surface area contributed by atoms with Gasteiger partial charge in [0.1, 0.15) is 0 Å². The van der Waals surface area contributed by atoms with Gasteiger partial charge in [-0.05, 0) is 23.1 Å². The van der Waals surface area contributed by atoms with Gasteiger partial charge in [0.15, 0.2) is 6.16 Å². The van der Waals surface area contributed by atoms with Crippen LogP contribution in [0.1, 0.15) is 12.5 Å². The molecule has 0 amide bonds. The van der Waals surface area contributed by atoms with E-state index < -0.39 is 8.03 Å². The largest absolute Gasteiger partial charge is 0.508 e. The Morgan fingerprint density at radius 2 is 2.14 bits per heavy atom. The second kappa shape index (κ2) is 6.28. The second-order valence-electron chi connectivity index (χ2n) is 2.82. The van der Waals surface area contributed by atoms with Crippen LogP contribution in [0.4, 0.5) is 0 Å². The molecule has 0 aliphatic rings. The molecule has 2 nitrogen and oxygen atoms in total. The van der Waals surface area contributed by atoms with E-state index in [1.165, 1.54) is 5.56 Å². The lowest BCUT2D eigenvalue weighted by Crippen LogP contribution is -1.91. The molecule has 4 heteroatoms. The van der Waals surface area contributed by atoms with E-state index in [1.807, 2.05) is 31.2 Å². The number of hydrogen-bond acceptors (Lipinski definition) is 2. The molecule has 1 unspecified atom stereocenters. The normalized spacial score (nSPS) is 11.4. The monoisotopic (exact) mass is 275 g/mol. The highest BCUT2D eigenvalue weighted by Gasteiger charge is 2.16. The van der Waals surface area contributed by atoms with Gasteiger partial charge in [0, 0.05) is 10.9 Å². The lowest BCUT2D eigenvalue weighted by atomic mass is 10.2. The SMILES string of the molecule is CCO[P+](=O)CCc1ccccc1Br. The van der Waals surface area contributed by atoms with Crippen LogP contribution in [-0.4, -0.2) is 12.8 Å². The van der Waals surface area contributed by atoms with Crippen molar-refractivity contribution in [1.82, 2.24) is 0 Å². The van der Waals surface area contributed by atoms with E-state index in [0.717, 1.165) is 10.9 Å². The molecule has 14 heavy (non-hydrogen) atoms. The third kappa shape index (κ3) is 3.87. The number of hydrogen-bond donors (Lipinski definition) is 0. The number of halogens is 1. The first kappa shape index (κ1) is 11.8. The first-order valence-corrected chi connectivity index (χ1v) is 6.70. The average molecular weight is 276 g/mol. The third-order valence-corrected chi connectivity index (χ3v) is 3.70. The molecule has 76 valence electrons. The number of rotatable bonds is 5. The van der Waals surface area contributed by atoms with Gasteiger partial charge in [0.2, 0.25) is 0 Å². The first-order valence-electron chi connectivity index (χ1n) is 4.55. The van der Waals surface area contributed by atoms with Gasteiger partial charge in [0.05, 0.1) is 6.61 Å². The van der Waals surface area contributed by atoms with Crippen LogP contribution in [-0.2, 0) is 15.5 Å². The molecule has 0 saturated heterocycles. The Kier molecular flexibility index (Phi) is 5.31. The van der Waals surface area contributed by atoms with Crippen LogP contribution in [0, 0.1) is 0 Å². The molecule has 0 spiro atoms. The van der Waals surface area contributed by atoms with Gasteiger partial charge in [-0.3, -0.25) is 0 Å². The summed E-state index contributed by atoms with van der Waals surface area (Å²) in [6.07, 6.45) is 1.38. The van der Waals surface area contributed by atoms with Gasteiger partial charge in [-0.25, -0.2) is 0 Å². The molecule has 0 aliphatic carbocycles. The zero-order valence-electron chi connectivity index (χ0n) is 8.07. The molecule has 0 aromatic heterocycles. The second-order valence-corrected chi connectivity index (χ2v) is 5.04. The highest BCUT2D eigenvalue weighted by molar-refractivity contribution is 9.10. The summed E-state index contributed by atoms with van der Waals surface area (Å²) in [5.41, 5.74) is 1.18. The van der Waals surface area contributed by atoms with Crippen LogP contribution in [0.5, 0.6) is 0 Å². The molecule has 0 fully saturated rings. The summed E-state index contributed by atoms with van der Waals surface area (Å²) < 4.78 is 17.3. The maximum atomic E-state index is 11.2. The predicted octanol–water partition coefficient (Wildman–Crippen LogP) is 3.77. The average Bonchev–Trinajstić information content (AvgIpc) is 2.17. The van der Waals surface area contributed by atoms with Crippen molar-refractivity contribution in [2.45, 2.75) is 13.3 Å². The topological polar surface area (TPSA) is 26.3 Å². The fourth-order valence-electron chi connectivity index (χ4n) is 1.12. The Morgan fingerprint density at radius 1 is 1.43 bits per heavy atom. The molecule has 0 radical (unpaired) electrons. The van der Waals surface area contributed by atoms with Crippen molar-refractivity contribution in [1.29, 1.82) is 0 Å². The summed E-state index contributed by atoms with van der Waals surface area (Å²) in [6, 6.07) is 7.96. The quantitative estimate of drug-likeness (QED) is 0.765. The van der Waals surface area contributed by atoms with Crippen molar-refractivity contribution in [3.8, 4) is 0 Å². The Hall–Kier alpha value is -0.240. The molecule has 0 aliphatic heterocycles. The standard InChI is InChI=1S/C10H13BrO2P/c1-2-13-14(12)8-7-9-5-3-4-6-10(9)11/h3-6H,2,7-8H2,1H3/q+1. The summed E-state index contributed by atoms with van der Waals surface area (Å²) in [6.45, 7) is 2.37. The van der Waals surface area contributed by atoms with Crippen LogP contribution < -0.4 is 0 Å². The molecular formula is C10H13BrO2P+.